The minimum Gasteiger partial charge on any atom is -0.352 e. The zero-order chi connectivity index (χ0) is 19.5. The van der Waals surface area contributed by atoms with Crippen molar-refractivity contribution in [1.29, 1.82) is 0 Å². The Hall–Kier alpha value is -3.45. The van der Waals surface area contributed by atoms with Crippen molar-refractivity contribution in [2.75, 3.05) is 5.32 Å². The summed E-state index contributed by atoms with van der Waals surface area (Å²) in [7, 11) is 0. The number of aromatic nitrogens is 2. The maximum atomic E-state index is 12.4. The summed E-state index contributed by atoms with van der Waals surface area (Å²) in [6.45, 7) is 1.92. The van der Waals surface area contributed by atoms with E-state index in [4.69, 9.17) is 0 Å². The van der Waals surface area contributed by atoms with Gasteiger partial charge in [-0.25, -0.2) is 4.98 Å². The highest BCUT2D eigenvalue weighted by atomic mass is 32.1. The van der Waals surface area contributed by atoms with Gasteiger partial charge in [0, 0.05) is 48.1 Å². The zero-order valence-corrected chi connectivity index (χ0v) is 16.0. The number of imidazole rings is 1. The summed E-state index contributed by atoms with van der Waals surface area (Å²) < 4.78 is 1.99. The van der Waals surface area contributed by atoms with Gasteiger partial charge >= 0.3 is 0 Å². The van der Waals surface area contributed by atoms with Crippen molar-refractivity contribution in [3.05, 3.63) is 77.4 Å². The third-order valence-electron chi connectivity index (χ3n) is 4.29. The molecule has 4 aromatic rings. The van der Waals surface area contributed by atoms with Gasteiger partial charge in [-0.2, -0.15) is 0 Å². The lowest BCUT2D eigenvalue weighted by Crippen LogP contribution is -2.19. The fraction of sp³-hybridized carbons (Fsp3) is 0.0952. The summed E-state index contributed by atoms with van der Waals surface area (Å²) in [4.78, 5) is 28.9. The highest BCUT2D eigenvalue weighted by Crippen LogP contribution is 2.23. The van der Waals surface area contributed by atoms with Crippen LogP contribution in [0.2, 0.25) is 0 Å². The molecule has 2 N–H and O–H groups in total. The van der Waals surface area contributed by atoms with Crippen LogP contribution < -0.4 is 10.6 Å². The number of benzene rings is 2. The van der Waals surface area contributed by atoms with Crippen molar-refractivity contribution in [3.63, 3.8) is 0 Å². The first-order valence-corrected chi connectivity index (χ1v) is 9.64. The number of hydrogen-bond donors (Lipinski definition) is 2. The SMILES string of the molecule is CC(=O)NCc1ccc(C(=O)Nc2ccc(-c3cn4ccsc4n3)cc2)cc1. The lowest BCUT2D eigenvalue weighted by atomic mass is 10.1. The fourth-order valence-electron chi connectivity index (χ4n) is 2.79. The molecule has 0 aliphatic heterocycles. The molecule has 0 unspecified atom stereocenters. The Morgan fingerprint density at radius 3 is 2.50 bits per heavy atom. The van der Waals surface area contributed by atoms with Gasteiger partial charge < -0.3 is 10.6 Å². The van der Waals surface area contributed by atoms with Crippen LogP contribution in [0.25, 0.3) is 16.2 Å². The number of anilines is 1. The number of amides is 2. The molecule has 0 bridgehead atoms. The fourth-order valence-corrected chi connectivity index (χ4v) is 3.49. The molecule has 140 valence electrons. The maximum Gasteiger partial charge on any atom is 0.255 e. The molecule has 0 aliphatic rings. The molecule has 0 atom stereocenters. The van der Waals surface area contributed by atoms with Crippen LogP contribution in [0.15, 0.2) is 66.3 Å². The number of rotatable bonds is 5. The Balaban J connectivity index is 1.41. The summed E-state index contributed by atoms with van der Waals surface area (Å²) in [5.74, 6) is -0.262. The molecule has 0 spiro atoms. The molecule has 4 rings (SSSR count). The lowest BCUT2D eigenvalue weighted by Gasteiger charge is -2.07. The van der Waals surface area contributed by atoms with E-state index >= 15 is 0 Å². The minimum atomic E-state index is -0.179. The van der Waals surface area contributed by atoms with E-state index in [-0.39, 0.29) is 11.8 Å². The average molecular weight is 390 g/mol. The number of nitrogens with zero attached hydrogens (tertiary/aromatic N) is 2. The molecule has 2 aromatic heterocycles. The summed E-state index contributed by atoms with van der Waals surface area (Å²) in [6.07, 6.45) is 3.97. The standard InChI is InChI=1S/C21H18N4O2S/c1-14(26)22-12-15-2-4-17(5-3-15)20(27)23-18-8-6-16(7-9-18)19-13-25-10-11-28-21(25)24-19/h2-11,13H,12H2,1H3,(H,22,26)(H,23,27). The molecule has 2 amide bonds. The van der Waals surface area contributed by atoms with Gasteiger partial charge in [0.2, 0.25) is 5.91 Å². The van der Waals surface area contributed by atoms with Crippen molar-refractivity contribution in [3.8, 4) is 11.3 Å². The molecule has 0 fully saturated rings. The van der Waals surface area contributed by atoms with E-state index in [1.165, 1.54) is 6.92 Å². The van der Waals surface area contributed by atoms with E-state index in [0.29, 0.717) is 12.1 Å². The predicted octanol–water partition coefficient (Wildman–Crippen LogP) is 3.95. The zero-order valence-electron chi connectivity index (χ0n) is 15.2. The highest BCUT2D eigenvalue weighted by Gasteiger charge is 2.08. The summed E-state index contributed by atoms with van der Waals surface area (Å²) >= 11 is 1.59. The first kappa shape index (κ1) is 17.9. The first-order valence-electron chi connectivity index (χ1n) is 8.76. The van der Waals surface area contributed by atoms with Crippen LogP contribution >= 0.6 is 11.3 Å². The van der Waals surface area contributed by atoms with E-state index in [9.17, 15) is 9.59 Å². The third kappa shape index (κ3) is 3.94. The van der Waals surface area contributed by atoms with E-state index in [1.807, 2.05) is 58.6 Å². The van der Waals surface area contributed by atoms with Crippen LogP contribution in [0, 0.1) is 0 Å². The van der Waals surface area contributed by atoms with Crippen molar-refractivity contribution >= 4 is 33.8 Å². The number of carbonyl (C=O) groups excluding carboxylic acids is 2. The molecule has 7 heteroatoms. The van der Waals surface area contributed by atoms with Crippen molar-refractivity contribution < 1.29 is 9.59 Å². The van der Waals surface area contributed by atoms with Crippen molar-refractivity contribution in [2.24, 2.45) is 0 Å². The summed E-state index contributed by atoms with van der Waals surface area (Å²) in [5, 5.41) is 7.62. The lowest BCUT2D eigenvalue weighted by molar-refractivity contribution is -0.119. The van der Waals surface area contributed by atoms with E-state index in [2.05, 4.69) is 15.6 Å². The van der Waals surface area contributed by atoms with E-state index in [0.717, 1.165) is 27.5 Å². The molecular formula is C21H18N4O2S. The van der Waals surface area contributed by atoms with Gasteiger partial charge in [0.15, 0.2) is 4.96 Å². The predicted molar refractivity (Wildman–Crippen MR) is 110 cm³/mol. The minimum absolute atomic E-state index is 0.0827. The molecular weight excluding hydrogens is 372 g/mol. The first-order chi connectivity index (χ1) is 13.6. The van der Waals surface area contributed by atoms with Crippen LogP contribution in [-0.2, 0) is 11.3 Å². The topological polar surface area (TPSA) is 75.5 Å². The van der Waals surface area contributed by atoms with E-state index in [1.54, 1.807) is 23.5 Å². The molecule has 0 saturated heterocycles. The molecule has 0 radical (unpaired) electrons. The second-order valence-electron chi connectivity index (χ2n) is 6.36. The monoisotopic (exact) mass is 390 g/mol. The van der Waals surface area contributed by atoms with Crippen LogP contribution in [-0.4, -0.2) is 21.2 Å². The highest BCUT2D eigenvalue weighted by molar-refractivity contribution is 7.15. The molecule has 0 aliphatic carbocycles. The normalized spacial score (nSPS) is 10.8. The third-order valence-corrected chi connectivity index (χ3v) is 5.06. The summed E-state index contributed by atoms with van der Waals surface area (Å²) in [5.41, 5.74) is 4.12. The quantitative estimate of drug-likeness (QED) is 0.542. The van der Waals surface area contributed by atoms with Gasteiger partial charge in [-0.3, -0.25) is 14.0 Å². The molecule has 2 heterocycles. The smallest absolute Gasteiger partial charge is 0.255 e. The Kier molecular flexibility index (Phi) is 4.90. The van der Waals surface area contributed by atoms with Crippen LogP contribution in [0.3, 0.4) is 0 Å². The van der Waals surface area contributed by atoms with Gasteiger partial charge in [0.25, 0.3) is 5.91 Å². The second-order valence-corrected chi connectivity index (χ2v) is 7.23. The molecule has 28 heavy (non-hydrogen) atoms. The van der Waals surface area contributed by atoms with Crippen molar-refractivity contribution in [2.45, 2.75) is 13.5 Å². The number of hydrogen-bond acceptors (Lipinski definition) is 4. The largest absolute Gasteiger partial charge is 0.352 e. The molecule has 6 nitrogen and oxygen atoms in total. The number of carbonyl (C=O) groups is 2. The van der Waals surface area contributed by atoms with Gasteiger partial charge in [-0.15, -0.1) is 11.3 Å². The maximum absolute atomic E-state index is 12.4. The van der Waals surface area contributed by atoms with E-state index < -0.39 is 0 Å². The Labute approximate surface area is 165 Å². The number of nitrogens with one attached hydrogen (secondary N) is 2. The molecule has 2 aromatic carbocycles. The van der Waals surface area contributed by atoms with Crippen molar-refractivity contribution in [1.82, 2.24) is 14.7 Å². The van der Waals surface area contributed by atoms with Gasteiger partial charge in [-0.1, -0.05) is 24.3 Å². The molecule has 0 saturated carbocycles. The van der Waals surface area contributed by atoms with Gasteiger partial charge in [-0.05, 0) is 29.8 Å². The Morgan fingerprint density at radius 2 is 1.82 bits per heavy atom. The second kappa shape index (κ2) is 7.66. The van der Waals surface area contributed by atoms with Crippen LogP contribution in [0.1, 0.15) is 22.8 Å². The number of fused-ring (bicyclic) bond motifs is 1. The van der Waals surface area contributed by atoms with Crippen LogP contribution in [0.4, 0.5) is 5.69 Å². The number of thiazole rings is 1. The Morgan fingerprint density at radius 1 is 1.07 bits per heavy atom. The van der Waals surface area contributed by atoms with Gasteiger partial charge in [0.05, 0.1) is 5.69 Å². The Bertz CT molecular complexity index is 1100. The van der Waals surface area contributed by atoms with Crippen LogP contribution in [0.5, 0.6) is 0 Å². The summed E-state index contributed by atoms with van der Waals surface area (Å²) in [6, 6.07) is 14.8. The average Bonchev–Trinajstić information content (AvgIpc) is 3.29. The van der Waals surface area contributed by atoms with Gasteiger partial charge in [0.1, 0.15) is 0 Å².